The van der Waals surface area contributed by atoms with Crippen LogP contribution in [0.25, 0.3) is 0 Å². The van der Waals surface area contributed by atoms with Gasteiger partial charge in [-0.3, -0.25) is 20.0 Å². The third-order valence-corrected chi connectivity index (χ3v) is 4.66. The second-order valence-electron chi connectivity index (χ2n) is 5.97. The number of benzene rings is 1. The molecule has 8 nitrogen and oxygen atoms in total. The highest BCUT2D eigenvalue weighted by Crippen LogP contribution is 2.19. The van der Waals surface area contributed by atoms with Crippen LogP contribution in [0.2, 0.25) is 0 Å². The highest BCUT2D eigenvalue weighted by atomic mass is 79.9. The van der Waals surface area contributed by atoms with Crippen molar-refractivity contribution in [1.82, 2.24) is 20.7 Å². The molecule has 1 aliphatic rings. The first kappa shape index (κ1) is 18.8. The number of likely N-dealkylation sites (tertiary alicyclic amines) is 1. The lowest BCUT2D eigenvalue weighted by Crippen LogP contribution is -2.52. The number of nitrogens with zero attached hydrogens (tertiary/aromatic N) is 2. The summed E-state index contributed by atoms with van der Waals surface area (Å²) < 4.78 is 0.850. The molecule has 1 saturated heterocycles. The molecule has 0 radical (unpaired) electrons. The van der Waals surface area contributed by atoms with Crippen molar-refractivity contribution in [1.29, 1.82) is 0 Å². The molecule has 1 unspecified atom stereocenters. The lowest BCUT2D eigenvalue weighted by Gasteiger charge is -2.24. The number of hydrogen-bond acceptors (Lipinski definition) is 4. The van der Waals surface area contributed by atoms with Crippen LogP contribution in [0.3, 0.4) is 0 Å². The number of pyridine rings is 1. The Morgan fingerprint density at radius 1 is 1.11 bits per heavy atom. The molecule has 1 aromatic carbocycles. The predicted molar refractivity (Wildman–Crippen MR) is 103 cm³/mol. The van der Waals surface area contributed by atoms with E-state index >= 15 is 0 Å². The van der Waals surface area contributed by atoms with Gasteiger partial charge in [-0.05, 0) is 49.2 Å². The van der Waals surface area contributed by atoms with Gasteiger partial charge in [-0.2, -0.15) is 0 Å². The van der Waals surface area contributed by atoms with Crippen molar-refractivity contribution in [2.75, 3.05) is 11.9 Å². The molecule has 0 bridgehead atoms. The minimum Gasteiger partial charge on any atom is -0.323 e. The summed E-state index contributed by atoms with van der Waals surface area (Å²) in [5.41, 5.74) is 5.71. The second kappa shape index (κ2) is 8.63. The molecule has 0 saturated carbocycles. The molecule has 0 aliphatic carbocycles. The van der Waals surface area contributed by atoms with Crippen molar-refractivity contribution in [3.63, 3.8) is 0 Å². The van der Waals surface area contributed by atoms with E-state index in [2.05, 4.69) is 37.1 Å². The van der Waals surface area contributed by atoms with Gasteiger partial charge in [-0.1, -0.05) is 15.9 Å². The fourth-order valence-electron chi connectivity index (χ4n) is 2.80. The first-order chi connectivity index (χ1) is 13.0. The smallest absolute Gasteiger partial charge is 0.323 e. The zero-order valence-corrected chi connectivity index (χ0v) is 15.9. The number of anilines is 1. The van der Waals surface area contributed by atoms with Crippen LogP contribution in [0.1, 0.15) is 23.2 Å². The maximum atomic E-state index is 12.5. The second-order valence-corrected chi connectivity index (χ2v) is 6.89. The van der Waals surface area contributed by atoms with Gasteiger partial charge in [0.05, 0.1) is 11.9 Å². The third kappa shape index (κ3) is 4.82. The van der Waals surface area contributed by atoms with Crippen molar-refractivity contribution in [3.05, 3.63) is 58.8 Å². The molecule has 2 heterocycles. The molecule has 1 atom stereocenters. The highest BCUT2D eigenvalue weighted by Gasteiger charge is 2.34. The van der Waals surface area contributed by atoms with Gasteiger partial charge in [0, 0.05) is 22.8 Å². The Hall–Kier alpha value is -2.94. The third-order valence-electron chi connectivity index (χ3n) is 4.13. The molecule has 1 aromatic heterocycles. The number of carbonyl (C=O) groups is 3. The van der Waals surface area contributed by atoms with E-state index in [1.165, 1.54) is 11.1 Å². The van der Waals surface area contributed by atoms with Crippen LogP contribution in [-0.2, 0) is 4.79 Å². The molecule has 3 N–H and O–H groups in total. The van der Waals surface area contributed by atoms with Gasteiger partial charge in [-0.15, -0.1) is 0 Å². The summed E-state index contributed by atoms with van der Waals surface area (Å²) in [5.74, 6) is -0.721. The molecular formula is C18H18BrN5O3. The Morgan fingerprint density at radius 2 is 1.89 bits per heavy atom. The van der Waals surface area contributed by atoms with E-state index in [-0.39, 0.29) is 5.91 Å². The summed E-state index contributed by atoms with van der Waals surface area (Å²) in [6.07, 6.45) is 4.41. The average molecular weight is 432 g/mol. The monoisotopic (exact) mass is 431 g/mol. The number of hydrazine groups is 1. The molecule has 140 valence electrons. The summed E-state index contributed by atoms with van der Waals surface area (Å²) in [5, 5.41) is 2.75. The van der Waals surface area contributed by atoms with Gasteiger partial charge >= 0.3 is 6.03 Å². The Morgan fingerprint density at radius 3 is 2.59 bits per heavy atom. The number of rotatable bonds is 3. The molecule has 1 fully saturated rings. The number of amides is 4. The first-order valence-corrected chi connectivity index (χ1v) is 9.17. The van der Waals surface area contributed by atoms with E-state index in [9.17, 15) is 14.4 Å². The largest absolute Gasteiger partial charge is 0.336 e. The summed E-state index contributed by atoms with van der Waals surface area (Å²) in [7, 11) is 0. The molecule has 9 heteroatoms. The van der Waals surface area contributed by atoms with Crippen LogP contribution in [0.15, 0.2) is 53.3 Å². The van der Waals surface area contributed by atoms with E-state index in [4.69, 9.17) is 0 Å². The molecule has 4 amide bonds. The Kier molecular flexibility index (Phi) is 6.02. The van der Waals surface area contributed by atoms with E-state index in [1.807, 2.05) is 0 Å². The zero-order valence-electron chi connectivity index (χ0n) is 14.3. The lowest BCUT2D eigenvalue weighted by molar-refractivity contribution is -0.119. The van der Waals surface area contributed by atoms with Gasteiger partial charge in [-0.25, -0.2) is 10.2 Å². The van der Waals surface area contributed by atoms with Gasteiger partial charge in [0.1, 0.15) is 6.04 Å². The number of aromatic nitrogens is 1. The Bertz CT molecular complexity index is 829. The maximum absolute atomic E-state index is 12.5. The van der Waals surface area contributed by atoms with Crippen LogP contribution >= 0.6 is 15.9 Å². The molecule has 1 aliphatic heterocycles. The van der Waals surface area contributed by atoms with Crippen LogP contribution < -0.4 is 16.2 Å². The van der Waals surface area contributed by atoms with Crippen molar-refractivity contribution >= 4 is 39.5 Å². The van der Waals surface area contributed by atoms with Crippen LogP contribution in [0.5, 0.6) is 0 Å². The van der Waals surface area contributed by atoms with Crippen LogP contribution in [0, 0.1) is 0 Å². The number of carbonyl (C=O) groups excluding carboxylic acids is 3. The zero-order chi connectivity index (χ0) is 19.2. The Labute approximate surface area is 164 Å². The number of hydrogen-bond donors (Lipinski definition) is 3. The summed E-state index contributed by atoms with van der Waals surface area (Å²) >= 11 is 3.30. The SMILES string of the molecule is O=C(NNC(=O)N1CCCC1C(=O)Nc1cccnc1)c1ccc(Br)cc1. The molecular weight excluding hydrogens is 414 g/mol. The summed E-state index contributed by atoms with van der Waals surface area (Å²) in [6, 6.07) is 9.04. The van der Waals surface area contributed by atoms with Crippen LogP contribution in [-0.4, -0.2) is 40.3 Å². The van der Waals surface area contributed by atoms with E-state index in [0.29, 0.717) is 30.6 Å². The fraction of sp³-hybridized carbons (Fsp3) is 0.222. The molecule has 0 spiro atoms. The lowest BCUT2D eigenvalue weighted by atomic mass is 10.2. The maximum Gasteiger partial charge on any atom is 0.336 e. The fourth-order valence-corrected chi connectivity index (χ4v) is 3.06. The van der Waals surface area contributed by atoms with Crippen LogP contribution in [0.4, 0.5) is 10.5 Å². The molecule has 27 heavy (non-hydrogen) atoms. The minimum absolute atomic E-state index is 0.283. The number of urea groups is 1. The van der Waals surface area contributed by atoms with Gasteiger partial charge in [0.2, 0.25) is 5.91 Å². The predicted octanol–water partition coefficient (Wildman–Crippen LogP) is 2.30. The topological polar surface area (TPSA) is 103 Å². The Balaban J connectivity index is 1.56. The van der Waals surface area contributed by atoms with Crippen molar-refractivity contribution in [3.8, 4) is 0 Å². The quantitative estimate of drug-likeness (QED) is 0.648. The molecule has 2 aromatic rings. The number of nitrogens with one attached hydrogen (secondary N) is 3. The normalized spacial score (nSPS) is 15.9. The standard InChI is InChI=1S/C18H18BrN5O3/c19-13-7-5-12(6-8-13)16(25)22-23-18(27)24-10-2-4-15(24)17(26)21-14-3-1-9-20-11-14/h1,3,5-9,11,15H,2,4,10H2,(H,21,26)(H,22,25)(H,23,27). The van der Waals surface area contributed by atoms with E-state index < -0.39 is 18.0 Å². The average Bonchev–Trinajstić information content (AvgIpc) is 3.17. The first-order valence-electron chi connectivity index (χ1n) is 8.38. The molecule has 3 rings (SSSR count). The van der Waals surface area contributed by atoms with Gasteiger partial charge in [0.25, 0.3) is 5.91 Å². The van der Waals surface area contributed by atoms with Crippen molar-refractivity contribution in [2.24, 2.45) is 0 Å². The summed E-state index contributed by atoms with van der Waals surface area (Å²) in [4.78, 5) is 42.3. The van der Waals surface area contributed by atoms with Crippen molar-refractivity contribution < 1.29 is 14.4 Å². The van der Waals surface area contributed by atoms with E-state index in [1.54, 1.807) is 42.6 Å². The van der Waals surface area contributed by atoms with Gasteiger partial charge < -0.3 is 10.2 Å². The van der Waals surface area contributed by atoms with Gasteiger partial charge in [0.15, 0.2) is 0 Å². The van der Waals surface area contributed by atoms with Crippen molar-refractivity contribution in [2.45, 2.75) is 18.9 Å². The number of halogens is 1. The minimum atomic E-state index is -0.602. The van der Waals surface area contributed by atoms with E-state index in [0.717, 1.165) is 4.47 Å². The summed E-state index contributed by atoms with van der Waals surface area (Å²) in [6.45, 7) is 0.436. The highest BCUT2D eigenvalue weighted by molar-refractivity contribution is 9.10.